The lowest BCUT2D eigenvalue weighted by Gasteiger charge is -2.27. The monoisotopic (exact) mass is 331 g/mol. The quantitative estimate of drug-likeness (QED) is 0.856. The van der Waals surface area contributed by atoms with Gasteiger partial charge in [-0.3, -0.25) is 4.79 Å². The van der Waals surface area contributed by atoms with Gasteiger partial charge in [-0.25, -0.2) is 4.98 Å². The van der Waals surface area contributed by atoms with Crippen LogP contribution in [0, 0.1) is 0 Å². The molecular weight excluding hydrogens is 310 g/mol. The van der Waals surface area contributed by atoms with Gasteiger partial charge in [-0.2, -0.15) is 0 Å². The van der Waals surface area contributed by atoms with E-state index in [1.165, 1.54) is 16.7 Å². The van der Waals surface area contributed by atoms with E-state index in [0.717, 1.165) is 42.9 Å². The average Bonchev–Trinajstić information content (AvgIpc) is 2.65. The minimum atomic E-state index is 0.0544. The van der Waals surface area contributed by atoms with E-state index in [9.17, 15) is 4.79 Å². The SMILES string of the molecule is C=C1CCc2cc(/C=C/C(=O)N3CCc4ccccc4C3)cnc2N1. The van der Waals surface area contributed by atoms with Crippen LogP contribution in [-0.2, 0) is 24.2 Å². The highest BCUT2D eigenvalue weighted by molar-refractivity contribution is 5.92. The van der Waals surface area contributed by atoms with E-state index in [1.54, 1.807) is 12.3 Å². The Labute approximate surface area is 147 Å². The molecule has 4 heteroatoms. The first-order valence-corrected chi connectivity index (χ1v) is 8.66. The van der Waals surface area contributed by atoms with Gasteiger partial charge in [0, 0.05) is 31.1 Å². The van der Waals surface area contributed by atoms with Crippen molar-refractivity contribution in [2.75, 3.05) is 11.9 Å². The zero-order valence-corrected chi connectivity index (χ0v) is 14.2. The molecule has 0 aliphatic carbocycles. The Morgan fingerprint density at radius 1 is 1.16 bits per heavy atom. The van der Waals surface area contributed by atoms with E-state index in [0.29, 0.717) is 6.54 Å². The zero-order valence-electron chi connectivity index (χ0n) is 14.2. The first-order chi connectivity index (χ1) is 12.2. The lowest BCUT2D eigenvalue weighted by molar-refractivity contribution is -0.126. The summed E-state index contributed by atoms with van der Waals surface area (Å²) in [7, 11) is 0. The fourth-order valence-corrected chi connectivity index (χ4v) is 3.40. The number of aromatic nitrogens is 1. The Balaban J connectivity index is 1.45. The second-order valence-electron chi connectivity index (χ2n) is 6.62. The van der Waals surface area contributed by atoms with Crippen molar-refractivity contribution in [2.45, 2.75) is 25.8 Å². The van der Waals surface area contributed by atoms with Crippen LogP contribution in [-0.4, -0.2) is 22.3 Å². The number of anilines is 1. The summed E-state index contributed by atoms with van der Waals surface area (Å²) in [6, 6.07) is 10.4. The van der Waals surface area contributed by atoms with Crippen LogP contribution in [0.25, 0.3) is 6.08 Å². The van der Waals surface area contributed by atoms with Crippen molar-refractivity contribution in [3.05, 3.63) is 77.1 Å². The summed E-state index contributed by atoms with van der Waals surface area (Å²) in [4.78, 5) is 18.8. The van der Waals surface area contributed by atoms with Crippen LogP contribution in [0.4, 0.5) is 5.82 Å². The van der Waals surface area contributed by atoms with Crippen LogP contribution in [0.1, 0.15) is 28.7 Å². The van der Waals surface area contributed by atoms with Gasteiger partial charge in [-0.05, 0) is 53.7 Å². The van der Waals surface area contributed by atoms with E-state index in [2.05, 4.69) is 41.1 Å². The van der Waals surface area contributed by atoms with Crippen molar-refractivity contribution in [2.24, 2.45) is 0 Å². The Morgan fingerprint density at radius 2 is 2.00 bits per heavy atom. The molecule has 2 aromatic rings. The number of carbonyl (C=O) groups excluding carboxylic acids is 1. The predicted octanol–water partition coefficient (Wildman–Crippen LogP) is 3.55. The van der Waals surface area contributed by atoms with Crippen LogP contribution >= 0.6 is 0 Å². The molecular formula is C21H21N3O. The number of aryl methyl sites for hydroxylation is 1. The molecule has 3 heterocycles. The van der Waals surface area contributed by atoms with Crippen LogP contribution in [0.3, 0.4) is 0 Å². The first kappa shape index (κ1) is 15.6. The van der Waals surface area contributed by atoms with Gasteiger partial charge in [0.2, 0.25) is 5.91 Å². The molecule has 0 spiro atoms. The summed E-state index contributed by atoms with van der Waals surface area (Å²) in [5, 5.41) is 3.21. The summed E-state index contributed by atoms with van der Waals surface area (Å²) in [6.07, 6.45) is 8.10. The topological polar surface area (TPSA) is 45.2 Å². The van der Waals surface area contributed by atoms with E-state index in [1.807, 2.05) is 17.0 Å². The van der Waals surface area contributed by atoms with Crippen molar-refractivity contribution in [3.8, 4) is 0 Å². The number of amides is 1. The standard InChI is InChI=1S/C21H21N3O/c1-15-6-8-18-12-16(13-22-21(18)23-15)7-9-20(25)24-11-10-17-4-2-3-5-19(17)14-24/h2-5,7,9,12-13H,1,6,8,10-11,14H2,(H,22,23)/b9-7+. The second-order valence-corrected chi connectivity index (χ2v) is 6.62. The van der Waals surface area contributed by atoms with E-state index in [4.69, 9.17) is 0 Å². The Kier molecular flexibility index (Phi) is 4.10. The van der Waals surface area contributed by atoms with Gasteiger partial charge in [0.15, 0.2) is 0 Å². The van der Waals surface area contributed by atoms with Crippen LogP contribution in [0.5, 0.6) is 0 Å². The third kappa shape index (κ3) is 3.33. The number of nitrogens with one attached hydrogen (secondary N) is 1. The normalized spacial score (nSPS) is 16.3. The molecule has 2 aliphatic heterocycles. The molecule has 1 amide bonds. The van der Waals surface area contributed by atoms with Crippen molar-refractivity contribution in [3.63, 3.8) is 0 Å². The Morgan fingerprint density at radius 3 is 2.88 bits per heavy atom. The average molecular weight is 331 g/mol. The maximum Gasteiger partial charge on any atom is 0.246 e. The number of nitrogens with zero attached hydrogens (tertiary/aromatic N) is 2. The summed E-state index contributed by atoms with van der Waals surface area (Å²) in [5.74, 6) is 0.936. The molecule has 0 radical (unpaired) electrons. The highest BCUT2D eigenvalue weighted by Gasteiger charge is 2.18. The maximum absolute atomic E-state index is 12.5. The van der Waals surface area contributed by atoms with Gasteiger partial charge in [0.25, 0.3) is 0 Å². The third-order valence-corrected chi connectivity index (χ3v) is 4.84. The highest BCUT2D eigenvalue weighted by atomic mass is 16.2. The summed E-state index contributed by atoms with van der Waals surface area (Å²) < 4.78 is 0. The smallest absolute Gasteiger partial charge is 0.246 e. The predicted molar refractivity (Wildman–Crippen MR) is 99.9 cm³/mol. The van der Waals surface area contributed by atoms with Crippen molar-refractivity contribution < 1.29 is 4.79 Å². The van der Waals surface area contributed by atoms with Crippen LogP contribution in [0.2, 0.25) is 0 Å². The van der Waals surface area contributed by atoms with Crippen LogP contribution < -0.4 is 5.32 Å². The summed E-state index contributed by atoms with van der Waals surface area (Å²) in [6.45, 7) is 5.41. The number of carbonyl (C=O) groups is 1. The number of pyridine rings is 1. The van der Waals surface area contributed by atoms with Gasteiger partial charge in [-0.1, -0.05) is 30.8 Å². The molecule has 0 saturated carbocycles. The molecule has 126 valence electrons. The van der Waals surface area contributed by atoms with Crippen molar-refractivity contribution in [1.82, 2.24) is 9.88 Å². The molecule has 0 atom stereocenters. The molecule has 0 saturated heterocycles. The highest BCUT2D eigenvalue weighted by Crippen LogP contribution is 2.25. The minimum Gasteiger partial charge on any atom is -0.344 e. The Bertz CT molecular complexity index is 869. The Hall–Kier alpha value is -2.88. The summed E-state index contributed by atoms with van der Waals surface area (Å²) >= 11 is 0. The second kappa shape index (κ2) is 6.55. The number of allylic oxidation sites excluding steroid dienone is 1. The number of hydrogen-bond acceptors (Lipinski definition) is 3. The number of rotatable bonds is 2. The van der Waals surface area contributed by atoms with Crippen LogP contribution in [0.15, 0.2) is 54.9 Å². The first-order valence-electron chi connectivity index (χ1n) is 8.66. The fourth-order valence-electron chi connectivity index (χ4n) is 3.40. The molecule has 4 rings (SSSR count). The van der Waals surface area contributed by atoms with Gasteiger partial charge < -0.3 is 10.2 Å². The molecule has 0 fully saturated rings. The minimum absolute atomic E-state index is 0.0544. The van der Waals surface area contributed by atoms with E-state index < -0.39 is 0 Å². The molecule has 4 nitrogen and oxygen atoms in total. The molecule has 1 aromatic carbocycles. The largest absolute Gasteiger partial charge is 0.344 e. The molecule has 0 unspecified atom stereocenters. The third-order valence-electron chi connectivity index (χ3n) is 4.84. The zero-order chi connectivity index (χ0) is 17.2. The van der Waals surface area contributed by atoms with Gasteiger partial charge in [0.1, 0.15) is 5.82 Å². The maximum atomic E-state index is 12.5. The van der Waals surface area contributed by atoms with Gasteiger partial charge >= 0.3 is 0 Å². The number of hydrogen-bond donors (Lipinski definition) is 1. The lowest BCUT2D eigenvalue weighted by atomic mass is 10.00. The van der Waals surface area contributed by atoms with Gasteiger partial charge in [0.05, 0.1) is 0 Å². The van der Waals surface area contributed by atoms with Crippen molar-refractivity contribution in [1.29, 1.82) is 0 Å². The van der Waals surface area contributed by atoms with Gasteiger partial charge in [-0.15, -0.1) is 0 Å². The molecule has 1 aromatic heterocycles. The molecule has 25 heavy (non-hydrogen) atoms. The molecule has 2 aliphatic rings. The van der Waals surface area contributed by atoms with E-state index in [-0.39, 0.29) is 5.91 Å². The number of benzene rings is 1. The summed E-state index contributed by atoms with van der Waals surface area (Å²) in [5.41, 5.74) is 5.73. The fraction of sp³-hybridized carbons (Fsp3) is 0.238. The molecule has 1 N–H and O–H groups in total. The van der Waals surface area contributed by atoms with Crippen molar-refractivity contribution >= 4 is 17.8 Å². The molecule has 0 bridgehead atoms. The van der Waals surface area contributed by atoms with E-state index >= 15 is 0 Å². The number of fused-ring (bicyclic) bond motifs is 2. The lowest BCUT2D eigenvalue weighted by Crippen LogP contribution is -2.34.